The van der Waals surface area contributed by atoms with Gasteiger partial charge in [0.25, 0.3) is 0 Å². The van der Waals surface area contributed by atoms with E-state index in [4.69, 9.17) is 15.3 Å². The number of rotatable bonds is 4. The Morgan fingerprint density at radius 3 is 1.32 bits per heavy atom. The van der Waals surface area contributed by atoms with Crippen LogP contribution in [0.25, 0.3) is 0 Å². The molecule has 2 heterocycles. The van der Waals surface area contributed by atoms with E-state index in [9.17, 15) is 9.59 Å². The number of ether oxygens (including phenoxy) is 2. The van der Waals surface area contributed by atoms with Crippen LogP contribution in [0.2, 0.25) is 0 Å². The molecule has 2 aliphatic heterocycles. The molecular formula is C27H43N3O4. The molecule has 0 aromatic heterocycles. The average Bonchev–Trinajstić information content (AvgIpc) is 2.69. The minimum absolute atomic E-state index is 0.0660. The van der Waals surface area contributed by atoms with Gasteiger partial charge in [0.15, 0.2) is 0 Å². The van der Waals surface area contributed by atoms with E-state index in [1.54, 1.807) is 24.3 Å². The van der Waals surface area contributed by atoms with E-state index in [0.29, 0.717) is 24.0 Å². The molecule has 0 aliphatic carbocycles. The first-order valence-electron chi connectivity index (χ1n) is 12.3. The van der Waals surface area contributed by atoms with Gasteiger partial charge in [0, 0.05) is 47.8 Å². The Labute approximate surface area is 204 Å². The number of carbonyl (C=O) groups is 2. The number of hydrogen-bond acceptors (Lipinski definition) is 7. The van der Waals surface area contributed by atoms with Crippen molar-refractivity contribution in [1.29, 1.82) is 0 Å². The number of esters is 2. The van der Waals surface area contributed by atoms with E-state index in [1.165, 1.54) is 0 Å². The molecule has 2 N–H and O–H groups in total. The Bertz CT molecular complexity index is 809. The number of carbonyl (C=O) groups excluding carboxylic acids is 2. The summed E-state index contributed by atoms with van der Waals surface area (Å²) in [7, 11) is 2.12. The standard InChI is InChI=1S/C27H43N3O4/c1-24(2)14-20(15-25(3,4)29(24)9)33-22(31)18-10-12-19(13-11-18)23(32)34-21-16-26(5,6)30(28)27(7,8)17-21/h10-13,20-21H,14-17,28H2,1-9H3. The zero-order chi connectivity index (χ0) is 25.7. The summed E-state index contributed by atoms with van der Waals surface area (Å²) in [6.07, 6.45) is 2.49. The third-order valence-corrected chi connectivity index (χ3v) is 7.93. The highest BCUT2D eigenvalue weighted by molar-refractivity contribution is 5.93. The van der Waals surface area contributed by atoms with Crippen LogP contribution in [-0.2, 0) is 9.47 Å². The van der Waals surface area contributed by atoms with Crippen molar-refractivity contribution in [3.05, 3.63) is 35.4 Å². The first-order chi connectivity index (χ1) is 15.4. The van der Waals surface area contributed by atoms with Gasteiger partial charge in [-0.2, -0.15) is 0 Å². The minimum atomic E-state index is -0.388. The summed E-state index contributed by atoms with van der Waals surface area (Å²) in [5, 5.41) is 1.86. The fourth-order valence-corrected chi connectivity index (χ4v) is 5.83. The molecule has 190 valence electrons. The van der Waals surface area contributed by atoms with Gasteiger partial charge in [-0.15, -0.1) is 0 Å². The quantitative estimate of drug-likeness (QED) is 0.507. The van der Waals surface area contributed by atoms with Crippen LogP contribution in [-0.4, -0.2) is 63.3 Å². The summed E-state index contributed by atoms with van der Waals surface area (Å²) in [5.74, 6) is 5.54. The van der Waals surface area contributed by atoms with Crippen molar-refractivity contribution in [2.45, 2.75) is 115 Å². The van der Waals surface area contributed by atoms with Crippen molar-refractivity contribution in [3.8, 4) is 0 Å². The summed E-state index contributed by atoms with van der Waals surface area (Å²) >= 11 is 0. The second kappa shape index (κ2) is 8.92. The predicted octanol–water partition coefficient (Wildman–Crippen LogP) is 4.55. The molecule has 7 heteroatoms. The summed E-state index contributed by atoms with van der Waals surface area (Å²) in [5.41, 5.74) is 0.163. The van der Waals surface area contributed by atoms with Crippen LogP contribution in [0.4, 0.5) is 0 Å². The Morgan fingerprint density at radius 1 is 0.706 bits per heavy atom. The van der Waals surface area contributed by atoms with Crippen molar-refractivity contribution in [1.82, 2.24) is 9.91 Å². The van der Waals surface area contributed by atoms with Gasteiger partial charge in [-0.25, -0.2) is 14.6 Å². The third-order valence-electron chi connectivity index (χ3n) is 7.93. The molecule has 2 fully saturated rings. The molecule has 0 radical (unpaired) electrons. The van der Waals surface area contributed by atoms with Crippen LogP contribution in [0, 0.1) is 0 Å². The summed E-state index contributed by atoms with van der Waals surface area (Å²) in [4.78, 5) is 28.0. The third kappa shape index (κ3) is 5.47. The normalized spacial score (nSPS) is 25.0. The smallest absolute Gasteiger partial charge is 0.338 e. The van der Waals surface area contributed by atoms with Crippen LogP contribution in [0.5, 0.6) is 0 Å². The minimum Gasteiger partial charge on any atom is -0.459 e. The molecule has 1 aromatic carbocycles. The van der Waals surface area contributed by atoms with Crippen molar-refractivity contribution in [2.24, 2.45) is 5.84 Å². The molecule has 0 amide bonds. The van der Waals surface area contributed by atoms with Gasteiger partial charge < -0.3 is 9.47 Å². The van der Waals surface area contributed by atoms with Gasteiger partial charge in [0.05, 0.1) is 11.1 Å². The van der Waals surface area contributed by atoms with Gasteiger partial charge >= 0.3 is 11.9 Å². The highest BCUT2D eigenvalue weighted by Crippen LogP contribution is 2.39. The second-order valence-electron chi connectivity index (χ2n) is 12.6. The summed E-state index contributed by atoms with van der Waals surface area (Å²) in [6, 6.07) is 6.55. The van der Waals surface area contributed by atoms with E-state index in [2.05, 4.69) is 67.3 Å². The second-order valence-corrected chi connectivity index (χ2v) is 12.6. The molecular weight excluding hydrogens is 430 g/mol. The molecule has 0 saturated carbocycles. The van der Waals surface area contributed by atoms with Crippen LogP contribution in [0.1, 0.15) is 102 Å². The van der Waals surface area contributed by atoms with Crippen LogP contribution < -0.4 is 5.84 Å². The molecule has 0 atom stereocenters. The van der Waals surface area contributed by atoms with Crippen LogP contribution in [0.3, 0.4) is 0 Å². The SMILES string of the molecule is CN1C(C)(C)CC(OC(=O)c2ccc(C(=O)OC3CC(C)(C)N(N)C(C)(C)C3)cc2)CC1(C)C. The Kier molecular flexibility index (Phi) is 6.99. The Balaban J connectivity index is 1.62. The zero-order valence-electron chi connectivity index (χ0n) is 22.4. The average molecular weight is 474 g/mol. The zero-order valence-corrected chi connectivity index (χ0v) is 22.4. The number of likely N-dealkylation sites (tertiary alicyclic amines) is 1. The van der Waals surface area contributed by atoms with Crippen molar-refractivity contribution >= 4 is 11.9 Å². The largest absolute Gasteiger partial charge is 0.459 e. The summed E-state index contributed by atoms with van der Waals surface area (Å²) in [6.45, 7) is 16.9. The van der Waals surface area contributed by atoms with Gasteiger partial charge in [0.2, 0.25) is 0 Å². The van der Waals surface area contributed by atoms with E-state index in [1.807, 2.05) is 5.01 Å². The monoisotopic (exact) mass is 473 g/mol. The lowest BCUT2D eigenvalue weighted by Crippen LogP contribution is -2.65. The molecule has 34 heavy (non-hydrogen) atoms. The van der Waals surface area contributed by atoms with E-state index in [-0.39, 0.29) is 46.3 Å². The van der Waals surface area contributed by atoms with Gasteiger partial charge in [-0.05, 0) is 86.7 Å². The van der Waals surface area contributed by atoms with Gasteiger partial charge in [-0.3, -0.25) is 10.7 Å². The fraction of sp³-hybridized carbons (Fsp3) is 0.704. The first-order valence-corrected chi connectivity index (χ1v) is 12.3. The maximum absolute atomic E-state index is 12.8. The molecule has 3 rings (SSSR count). The lowest BCUT2D eigenvalue weighted by atomic mass is 9.79. The van der Waals surface area contributed by atoms with Crippen LogP contribution >= 0.6 is 0 Å². The first kappa shape index (κ1) is 26.6. The molecule has 1 aromatic rings. The van der Waals surface area contributed by atoms with Crippen LogP contribution in [0.15, 0.2) is 24.3 Å². The lowest BCUT2D eigenvalue weighted by Gasteiger charge is -2.53. The topological polar surface area (TPSA) is 85.1 Å². The van der Waals surface area contributed by atoms with Gasteiger partial charge in [-0.1, -0.05) is 0 Å². The molecule has 7 nitrogen and oxygen atoms in total. The molecule has 0 unspecified atom stereocenters. The Hall–Kier alpha value is -1.96. The number of hydrogen-bond donors (Lipinski definition) is 1. The van der Waals surface area contributed by atoms with Crippen molar-refractivity contribution < 1.29 is 19.1 Å². The molecule has 0 spiro atoms. The van der Waals surface area contributed by atoms with Crippen molar-refractivity contribution in [3.63, 3.8) is 0 Å². The number of benzene rings is 1. The number of nitrogens with two attached hydrogens (primary N) is 1. The summed E-state index contributed by atoms with van der Waals surface area (Å²) < 4.78 is 11.7. The highest BCUT2D eigenvalue weighted by Gasteiger charge is 2.46. The maximum atomic E-state index is 12.8. The lowest BCUT2D eigenvalue weighted by molar-refractivity contribution is -0.0884. The molecule has 2 aliphatic rings. The van der Waals surface area contributed by atoms with E-state index in [0.717, 1.165) is 12.8 Å². The maximum Gasteiger partial charge on any atom is 0.338 e. The number of hydrazine groups is 1. The highest BCUT2D eigenvalue weighted by atomic mass is 16.5. The molecule has 2 saturated heterocycles. The number of piperidine rings is 2. The van der Waals surface area contributed by atoms with E-state index < -0.39 is 0 Å². The fourth-order valence-electron chi connectivity index (χ4n) is 5.83. The predicted molar refractivity (Wildman–Crippen MR) is 133 cm³/mol. The number of nitrogens with zero attached hydrogens (tertiary/aromatic N) is 2. The van der Waals surface area contributed by atoms with Crippen molar-refractivity contribution in [2.75, 3.05) is 7.05 Å². The molecule has 0 bridgehead atoms. The van der Waals surface area contributed by atoms with Gasteiger partial charge in [0.1, 0.15) is 12.2 Å². The Morgan fingerprint density at radius 2 is 1.00 bits per heavy atom. The van der Waals surface area contributed by atoms with E-state index >= 15 is 0 Å².